The van der Waals surface area contributed by atoms with Gasteiger partial charge >= 0.3 is 6.18 Å². The van der Waals surface area contributed by atoms with E-state index in [9.17, 15) is 27.8 Å². The molecule has 0 unspecified atom stereocenters. The van der Waals surface area contributed by atoms with Crippen LogP contribution in [-0.2, 0) is 42.5 Å². The standard InChI is InChI=1S/C36H38F4N4O2S/c1-3-42(4-2)20-21-43(22-25-8-12-27(13-9-25)28-14-16-29(17-15-28)36(38,39)40)33(45)23-44-32-7-5-6-31(32)34(46)41-35(44)47-24-26-10-18-30(37)19-11-26/h8-19H,3-7,20-24H2,1-2H3/i5D2,6D2,7D2,8D,9D,12D,13D,14D,15D,16D,17D,20D2,21D2,23D2. The molecule has 11 heteroatoms. The van der Waals surface area contributed by atoms with Crippen molar-refractivity contribution in [2.75, 3.05) is 26.1 Å². The number of carbonyl (C=O) groups excluding carboxylic acids is 1. The van der Waals surface area contributed by atoms with Crippen molar-refractivity contribution in [2.24, 2.45) is 0 Å². The van der Waals surface area contributed by atoms with E-state index in [2.05, 4.69) is 4.98 Å². The summed E-state index contributed by atoms with van der Waals surface area (Å²) in [6.07, 6.45) is -16.4. The lowest BCUT2D eigenvalue weighted by molar-refractivity contribution is -0.137. The van der Waals surface area contributed by atoms with E-state index in [0.29, 0.717) is 11.8 Å². The van der Waals surface area contributed by atoms with Crippen LogP contribution in [0.2, 0.25) is 0 Å². The van der Waals surface area contributed by atoms with E-state index in [1.807, 2.05) is 0 Å². The normalized spacial score (nSPS) is 23.1. The fourth-order valence-electron chi connectivity index (χ4n) is 3.93. The molecule has 4 aromatic rings. The molecule has 0 atom stereocenters. The van der Waals surface area contributed by atoms with Crippen LogP contribution >= 0.6 is 11.8 Å². The number of nitrogens with zero attached hydrogens (tertiary/aromatic N) is 4. The number of benzene rings is 3. The van der Waals surface area contributed by atoms with E-state index in [1.54, 1.807) is 0 Å². The Bertz CT molecular complexity index is 2660. The first-order valence-corrected chi connectivity index (χ1v) is 14.8. The van der Waals surface area contributed by atoms with Crippen molar-refractivity contribution < 1.29 is 49.8 Å². The molecule has 1 aliphatic rings. The fourth-order valence-corrected chi connectivity index (χ4v) is 4.83. The van der Waals surface area contributed by atoms with Gasteiger partial charge in [-0.15, -0.1) is 0 Å². The van der Waals surface area contributed by atoms with Gasteiger partial charge in [-0.1, -0.05) is 74.0 Å². The molecule has 5 rings (SSSR count). The molecule has 0 bridgehead atoms. The highest BCUT2D eigenvalue weighted by atomic mass is 32.2. The summed E-state index contributed by atoms with van der Waals surface area (Å²) in [7, 11) is 0. The largest absolute Gasteiger partial charge is 0.416 e. The number of alkyl halides is 3. The van der Waals surface area contributed by atoms with Crippen LogP contribution in [0.5, 0.6) is 0 Å². The van der Waals surface area contributed by atoms with Gasteiger partial charge in [0, 0.05) is 47.5 Å². The Hall–Kier alpha value is -3.96. The maximum Gasteiger partial charge on any atom is 0.416 e. The van der Waals surface area contributed by atoms with E-state index in [1.165, 1.54) is 26.0 Å². The average Bonchev–Trinajstić information content (AvgIpc) is 3.32. The molecule has 0 N–H and O–H groups in total. The summed E-state index contributed by atoms with van der Waals surface area (Å²) in [4.78, 5) is 33.0. The summed E-state index contributed by atoms with van der Waals surface area (Å²) >= 11 is 0.389. The Morgan fingerprint density at radius 1 is 0.979 bits per heavy atom. The summed E-state index contributed by atoms with van der Waals surface area (Å²) in [5, 5.41) is -0.943. The first kappa shape index (κ1) is 16.9. The molecule has 3 aromatic carbocycles. The molecule has 0 spiro atoms. The Morgan fingerprint density at radius 3 is 2.23 bits per heavy atom. The number of amides is 1. The third-order valence-electron chi connectivity index (χ3n) is 6.42. The van der Waals surface area contributed by atoms with E-state index in [0.717, 1.165) is 17.0 Å². The minimum absolute atomic E-state index is 0.00413. The third kappa shape index (κ3) is 8.70. The van der Waals surface area contributed by atoms with E-state index in [-0.39, 0.29) is 33.9 Å². The number of likely N-dealkylation sites (N-methyl/N-ethyl adjacent to an activating group) is 1. The van der Waals surface area contributed by atoms with Gasteiger partial charge in [0.05, 0.1) is 22.0 Å². The Morgan fingerprint density at radius 2 is 1.62 bits per heavy atom. The second-order valence-corrected chi connectivity index (χ2v) is 10.5. The second kappa shape index (κ2) is 15.3. The maximum absolute atomic E-state index is 15.1. The van der Waals surface area contributed by atoms with E-state index < -0.39 is 156 Å². The third-order valence-corrected chi connectivity index (χ3v) is 7.43. The molecule has 1 aromatic heterocycles. The molecule has 1 amide bonds. The van der Waals surface area contributed by atoms with E-state index in [4.69, 9.17) is 21.9 Å². The smallest absolute Gasteiger partial charge is 0.336 e. The number of halogens is 4. The summed E-state index contributed by atoms with van der Waals surface area (Å²) in [6, 6.07) is -6.74. The molecule has 0 saturated carbocycles. The zero-order valence-electron chi connectivity index (χ0n) is 44.7. The lowest BCUT2D eigenvalue weighted by atomic mass is 10.0. The summed E-state index contributed by atoms with van der Waals surface area (Å²) in [6.45, 7) is -10.8. The van der Waals surface area contributed by atoms with Crippen LogP contribution in [0.1, 0.15) is 75.6 Å². The van der Waals surface area contributed by atoms with Crippen LogP contribution in [0.3, 0.4) is 0 Å². The van der Waals surface area contributed by atoms with Gasteiger partial charge < -0.3 is 14.4 Å². The number of hydrogen-bond acceptors (Lipinski definition) is 5. The van der Waals surface area contributed by atoms with Gasteiger partial charge in [0.1, 0.15) is 12.3 Å². The molecular formula is C36H38F4N4O2S. The van der Waals surface area contributed by atoms with Crippen LogP contribution < -0.4 is 5.56 Å². The Balaban J connectivity index is 1.84. The van der Waals surface area contributed by atoms with Gasteiger partial charge in [-0.3, -0.25) is 9.59 Å². The fraction of sp³-hybridized carbons (Fsp3) is 0.361. The summed E-state index contributed by atoms with van der Waals surface area (Å²) < 4.78 is 229. The second-order valence-electron chi connectivity index (χ2n) is 9.55. The molecule has 47 heavy (non-hydrogen) atoms. The first-order valence-electron chi connectivity index (χ1n) is 23.8. The number of fused-ring (bicyclic) bond motifs is 1. The predicted octanol–water partition coefficient (Wildman–Crippen LogP) is 7.22. The highest BCUT2D eigenvalue weighted by Gasteiger charge is 2.30. The molecule has 6 nitrogen and oxygen atoms in total. The predicted molar refractivity (Wildman–Crippen MR) is 177 cm³/mol. The van der Waals surface area contributed by atoms with Crippen molar-refractivity contribution in [3.8, 4) is 11.1 Å². The average molecular weight is 687 g/mol. The van der Waals surface area contributed by atoms with Crippen LogP contribution in [0.25, 0.3) is 11.1 Å². The van der Waals surface area contributed by atoms with Crippen LogP contribution in [0, 0.1) is 5.82 Å². The SMILES string of the molecule is [2H]c1c([2H])c(-c2c([2H])c([2H])c(C(F)(F)F)c([2H])c2[2H])c([2H])c([2H])c1CN(C(=O)C([2H])([2H])n1c(SCc2ccc(F)cc2)nc(=O)c2c1C([2H])([2H])C([2H])([2H])C2([2H])[2H])C([2H])([2H])C([2H])([2H])N(CC)CC. The van der Waals surface area contributed by atoms with Crippen molar-refractivity contribution in [1.82, 2.24) is 19.4 Å². The summed E-state index contributed by atoms with van der Waals surface area (Å²) in [5.41, 5.74) is -9.39. The minimum Gasteiger partial charge on any atom is -0.336 e. The molecule has 0 aliphatic heterocycles. The maximum atomic E-state index is 15.1. The van der Waals surface area contributed by atoms with Crippen molar-refractivity contribution in [3.05, 3.63) is 117 Å². The van der Waals surface area contributed by atoms with Gasteiger partial charge in [-0.05, 0) is 78.7 Å². The van der Waals surface area contributed by atoms with Gasteiger partial charge in [0.2, 0.25) is 5.91 Å². The van der Waals surface area contributed by atoms with Crippen molar-refractivity contribution in [1.29, 1.82) is 0 Å². The molecule has 1 aliphatic carbocycles. The van der Waals surface area contributed by atoms with Crippen molar-refractivity contribution in [3.63, 3.8) is 0 Å². The van der Waals surface area contributed by atoms with Gasteiger partial charge in [-0.2, -0.15) is 18.2 Å². The molecule has 0 saturated heterocycles. The molecule has 1 heterocycles. The molecule has 0 radical (unpaired) electrons. The van der Waals surface area contributed by atoms with Gasteiger partial charge in [0.25, 0.3) is 5.56 Å². The zero-order chi connectivity index (χ0) is 51.3. The van der Waals surface area contributed by atoms with Crippen LogP contribution in [-0.4, -0.2) is 51.3 Å². The Labute approximate surface area is 304 Å². The summed E-state index contributed by atoms with van der Waals surface area (Å²) in [5.74, 6) is -3.27. The quantitative estimate of drug-likeness (QED) is 0.0845. The van der Waals surface area contributed by atoms with Crippen molar-refractivity contribution in [2.45, 2.75) is 63.1 Å². The first-order chi connectivity index (χ1) is 30.4. The minimum atomic E-state index is -5.42. The lowest BCUT2D eigenvalue weighted by Gasteiger charge is -2.28. The molecule has 0 fully saturated rings. The number of thioether (sulfide) groups is 1. The lowest BCUT2D eigenvalue weighted by Crippen LogP contribution is -2.40. The Kier molecular flexibility index (Phi) is 5.51. The van der Waals surface area contributed by atoms with Gasteiger partial charge in [-0.25, -0.2) is 4.39 Å². The highest BCUT2D eigenvalue weighted by molar-refractivity contribution is 7.98. The molecule has 248 valence electrons. The van der Waals surface area contributed by atoms with Crippen molar-refractivity contribution >= 4 is 17.7 Å². The number of hydrogen-bond donors (Lipinski definition) is 0. The zero-order valence-corrected chi connectivity index (χ0v) is 25.5. The molecular weight excluding hydrogens is 628 g/mol. The van der Waals surface area contributed by atoms with E-state index >= 15 is 4.79 Å². The topological polar surface area (TPSA) is 58.4 Å². The highest BCUT2D eigenvalue weighted by Crippen LogP contribution is 2.31. The van der Waals surface area contributed by atoms with Crippen LogP contribution in [0.4, 0.5) is 17.6 Å². The monoisotopic (exact) mass is 686 g/mol. The number of carbonyl (C=O) groups is 1. The van der Waals surface area contributed by atoms with Crippen LogP contribution in [0.15, 0.2) is 82.6 Å². The number of aromatic nitrogens is 2. The number of rotatable bonds is 13. The van der Waals surface area contributed by atoms with Gasteiger partial charge in [0.15, 0.2) is 5.16 Å².